The Morgan fingerprint density at radius 2 is 1.79 bits per heavy atom. The van der Waals surface area contributed by atoms with E-state index in [0.717, 1.165) is 20.7 Å². The van der Waals surface area contributed by atoms with Gasteiger partial charge in [0, 0.05) is 30.4 Å². The Bertz CT molecular complexity index is 911. The Labute approximate surface area is 172 Å². The zero-order valence-corrected chi connectivity index (χ0v) is 17.4. The van der Waals surface area contributed by atoms with Crippen molar-refractivity contribution in [1.82, 2.24) is 10.2 Å². The standard InChI is InChI=1S/C19H21N5O2S2/c1-4-26-15-9-5-13(6-10-15)20-17(25)21-18-22-23-19(28-18)27-16-11-7-14(8-12-16)24(2)3/h5-12H,4H2,1-3H3,(H2,20,21,22,25). The molecule has 0 aliphatic rings. The lowest BCUT2D eigenvalue weighted by atomic mass is 10.3. The summed E-state index contributed by atoms with van der Waals surface area (Å²) in [5.74, 6) is 0.762. The van der Waals surface area contributed by atoms with E-state index in [2.05, 4.69) is 20.8 Å². The van der Waals surface area contributed by atoms with Crippen LogP contribution in [-0.4, -0.2) is 36.9 Å². The van der Waals surface area contributed by atoms with Gasteiger partial charge in [0.05, 0.1) is 6.61 Å². The minimum atomic E-state index is -0.368. The minimum Gasteiger partial charge on any atom is -0.494 e. The summed E-state index contributed by atoms with van der Waals surface area (Å²) in [6.45, 7) is 2.53. The summed E-state index contributed by atoms with van der Waals surface area (Å²) in [5, 5.41) is 14.1. The van der Waals surface area contributed by atoms with Gasteiger partial charge in [0.25, 0.3) is 0 Å². The van der Waals surface area contributed by atoms with Crippen molar-refractivity contribution in [2.45, 2.75) is 16.2 Å². The molecule has 0 saturated heterocycles. The zero-order valence-electron chi connectivity index (χ0n) is 15.8. The van der Waals surface area contributed by atoms with E-state index in [1.807, 2.05) is 50.2 Å². The van der Waals surface area contributed by atoms with Gasteiger partial charge < -0.3 is 15.0 Å². The van der Waals surface area contributed by atoms with Gasteiger partial charge in [0.1, 0.15) is 5.75 Å². The SMILES string of the molecule is CCOc1ccc(NC(=O)Nc2nnc(Sc3ccc(N(C)C)cc3)s2)cc1. The van der Waals surface area contributed by atoms with Gasteiger partial charge in [-0.2, -0.15) is 0 Å². The average Bonchev–Trinajstić information content (AvgIpc) is 3.10. The third-order valence-electron chi connectivity index (χ3n) is 3.61. The van der Waals surface area contributed by atoms with E-state index in [1.54, 1.807) is 24.3 Å². The number of urea groups is 1. The molecule has 9 heteroatoms. The number of carbonyl (C=O) groups excluding carboxylic acids is 1. The van der Waals surface area contributed by atoms with Crippen LogP contribution in [-0.2, 0) is 0 Å². The number of hydrogen-bond donors (Lipinski definition) is 2. The van der Waals surface area contributed by atoms with Crippen LogP contribution >= 0.6 is 23.1 Å². The first-order chi connectivity index (χ1) is 13.5. The predicted octanol–water partition coefficient (Wildman–Crippen LogP) is 4.80. The second kappa shape index (κ2) is 9.43. The average molecular weight is 416 g/mol. The highest BCUT2D eigenvalue weighted by molar-refractivity contribution is 8.01. The van der Waals surface area contributed by atoms with Gasteiger partial charge in [-0.15, -0.1) is 10.2 Å². The first kappa shape index (κ1) is 20.0. The number of nitrogens with zero attached hydrogens (tertiary/aromatic N) is 3. The lowest BCUT2D eigenvalue weighted by molar-refractivity contribution is 0.262. The summed E-state index contributed by atoms with van der Waals surface area (Å²) in [6, 6.07) is 15.0. The molecule has 0 atom stereocenters. The maximum atomic E-state index is 12.1. The van der Waals surface area contributed by atoms with Crippen LogP contribution in [0, 0.1) is 0 Å². The van der Waals surface area contributed by atoms with Crippen LogP contribution in [0.25, 0.3) is 0 Å². The quantitative estimate of drug-likeness (QED) is 0.540. The molecule has 3 aromatic rings. The number of anilines is 3. The third-order valence-corrected chi connectivity index (χ3v) is 5.51. The van der Waals surface area contributed by atoms with Gasteiger partial charge in [-0.25, -0.2) is 4.79 Å². The third kappa shape index (κ3) is 5.61. The lowest BCUT2D eigenvalue weighted by Crippen LogP contribution is -2.19. The summed E-state index contributed by atoms with van der Waals surface area (Å²) in [5.41, 5.74) is 1.80. The molecular weight excluding hydrogens is 394 g/mol. The Kier molecular flexibility index (Phi) is 6.72. The van der Waals surface area contributed by atoms with Crippen molar-refractivity contribution in [3.8, 4) is 5.75 Å². The first-order valence-corrected chi connectivity index (χ1v) is 10.3. The second-order valence-corrected chi connectivity index (χ2v) is 8.20. The summed E-state index contributed by atoms with van der Waals surface area (Å²) < 4.78 is 6.14. The Hall–Kier alpha value is -2.78. The first-order valence-electron chi connectivity index (χ1n) is 8.63. The fourth-order valence-corrected chi connectivity index (χ4v) is 4.00. The number of hydrogen-bond acceptors (Lipinski definition) is 7. The van der Waals surface area contributed by atoms with Crippen LogP contribution in [0.15, 0.2) is 57.8 Å². The van der Waals surface area contributed by atoms with Gasteiger partial charge in [-0.3, -0.25) is 5.32 Å². The number of carbonyl (C=O) groups is 1. The Balaban J connectivity index is 1.54. The van der Waals surface area contributed by atoms with Crippen LogP contribution in [0.2, 0.25) is 0 Å². The molecule has 0 aliphatic heterocycles. The van der Waals surface area contributed by atoms with Crippen LogP contribution in [0.5, 0.6) is 5.75 Å². The topological polar surface area (TPSA) is 79.4 Å². The van der Waals surface area contributed by atoms with Crippen molar-refractivity contribution in [1.29, 1.82) is 0 Å². The molecule has 0 fully saturated rings. The summed E-state index contributed by atoms with van der Waals surface area (Å²) in [7, 11) is 4.01. The molecule has 2 N–H and O–H groups in total. The highest BCUT2D eigenvalue weighted by atomic mass is 32.2. The molecule has 1 aromatic heterocycles. The minimum absolute atomic E-state index is 0.368. The molecule has 0 spiro atoms. The lowest BCUT2D eigenvalue weighted by Gasteiger charge is -2.11. The van der Waals surface area contributed by atoms with Gasteiger partial charge in [-0.05, 0) is 55.5 Å². The van der Waals surface area contributed by atoms with Crippen LogP contribution < -0.4 is 20.3 Å². The number of benzene rings is 2. The molecular formula is C19H21N5O2S2. The maximum Gasteiger partial charge on any atom is 0.325 e. The van der Waals surface area contributed by atoms with E-state index in [-0.39, 0.29) is 6.03 Å². The van der Waals surface area contributed by atoms with E-state index >= 15 is 0 Å². The molecule has 0 aliphatic carbocycles. The molecule has 3 rings (SSSR count). The Morgan fingerprint density at radius 3 is 2.43 bits per heavy atom. The summed E-state index contributed by atoms with van der Waals surface area (Å²) >= 11 is 2.83. The van der Waals surface area contributed by atoms with E-state index in [9.17, 15) is 4.79 Å². The largest absolute Gasteiger partial charge is 0.494 e. The van der Waals surface area contributed by atoms with Crippen molar-refractivity contribution in [2.75, 3.05) is 36.2 Å². The normalized spacial score (nSPS) is 10.4. The highest BCUT2D eigenvalue weighted by Gasteiger charge is 2.10. The Morgan fingerprint density at radius 1 is 1.07 bits per heavy atom. The number of amides is 2. The van der Waals surface area contributed by atoms with Gasteiger partial charge >= 0.3 is 6.03 Å². The molecule has 28 heavy (non-hydrogen) atoms. The fourth-order valence-electron chi connectivity index (χ4n) is 2.28. The maximum absolute atomic E-state index is 12.1. The molecule has 2 aromatic carbocycles. The van der Waals surface area contributed by atoms with Crippen LogP contribution in [0.3, 0.4) is 0 Å². The van der Waals surface area contributed by atoms with Crippen molar-refractivity contribution < 1.29 is 9.53 Å². The second-order valence-electron chi connectivity index (χ2n) is 5.90. The molecule has 7 nitrogen and oxygen atoms in total. The van der Waals surface area contributed by atoms with Gasteiger partial charge in [-0.1, -0.05) is 23.1 Å². The fraction of sp³-hybridized carbons (Fsp3) is 0.211. The number of rotatable bonds is 7. The molecule has 1 heterocycles. The van der Waals surface area contributed by atoms with E-state index in [4.69, 9.17) is 4.74 Å². The molecule has 2 amide bonds. The van der Waals surface area contributed by atoms with Crippen molar-refractivity contribution in [2.24, 2.45) is 0 Å². The summed E-state index contributed by atoms with van der Waals surface area (Å²) in [4.78, 5) is 15.2. The van der Waals surface area contributed by atoms with Crippen LogP contribution in [0.1, 0.15) is 6.92 Å². The number of aromatic nitrogens is 2. The molecule has 0 saturated carbocycles. The molecule has 146 valence electrons. The monoisotopic (exact) mass is 415 g/mol. The van der Waals surface area contributed by atoms with Crippen molar-refractivity contribution in [3.05, 3.63) is 48.5 Å². The highest BCUT2D eigenvalue weighted by Crippen LogP contribution is 2.32. The molecule has 0 bridgehead atoms. The predicted molar refractivity (Wildman–Crippen MR) is 115 cm³/mol. The summed E-state index contributed by atoms with van der Waals surface area (Å²) in [6.07, 6.45) is 0. The van der Waals surface area contributed by atoms with Crippen molar-refractivity contribution in [3.63, 3.8) is 0 Å². The van der Waals surface area contributed by atoms with Gasteiger partial charge in [0.2, 0.25) is 5.13 Å². The van der Waals surface area contributed by atoms with Crippen LogP contribution in [0.4, 0.5) is 21.3 Å². The smallest absolute Gasteiger partial charge is 0.325 e. The molecule has 0 unspecified atom stereocenters. The van der Waals surface area contributed by atoms with Crippen molar-refractivity contribution >= 4 is 45.6 Å². The number of ether oxygens (including phenoxy) is 1. The van der Waals surface area contributed by atoms with Gasteiger partial charge in [0.15, 0.2) is 4.34 Å². The van der Waals surface area contributed by atoms with E-state index in [0.29, 0.717) is 17.4 Å². The molecule has 0 radical (unpaired) electrons. The van der Waals surface area contributed by atoms with E-state index < -0.39 is 0 Å². The number of nitrogens with one attached hydrogen (secondary N) is 2. The zero-order chi connectivity index (χ0) is 19.9. The van der Waals surface area contributed by atoms with E-state index in [1.165, 1.54) is 23.1 Å².